The molecule has 0 atom stereocenters. The molecule has 2 N–H and O–H groups in total. The summed E-state index contributed by atoms with van der Waals surface area (Å²) < 4.78 is 1.19. The summed E-state index contributed by atoms with van der Waals surface area (Å²) >= 11 is 0. The Labute approximate surface area is 138 Å². The van der Waals surface area contributed by atoms with Crippen LogP contribution in [0.25, 0.3) is 5.78 Å². The molecule has 7 heteroatoms. The fourth-order valence-corrected chi connectivity index (χ4v) is 2.35. The van der Waals surface area contributed by atoms with Crippen molar-refractivity contribution in [2.75, 3.05) is 5.32 Å². The molecule has 0 bridgehead atoms. The molecule has 0 unspecified atom stereocenters. The lowest BCUT2D eigenvalue weighted by Crippen LogP contribution is -2.16. The first-order chi connectivity index (χ1) is 11.2. The Kier molecular flexibility index (Phi) is 3.71. The Bertz CT molecular complexity index is 961. The van der Waals surface area contributed by atoms with Crippen LogP contribution >= 0.6 is 0 Å². The molecule has 7 nitrogen and oxygen atoms in total. The normalized spacial score (nSPS) is 11.7. The lowest BCUT2D eigenvalue weighted by molar-refractivity contribution is 0.102. The van der Waals surface area contributed by atoms with Crippen LogP contribution < -0.4 is 10.9 Å². The van der Waals surface area contributed by atoms with Gasteiger partial charge in [0.05, 0.1) is 0 Å². The van der Waals surface area contributed by atoms with Gasteiger partial charge in [0, 0.05) is 17.3 Å². The molecule has 124 valence electrons. The summed E-state index contributed by atoms with van der Waals surface area (Å²) in [6.07, 6.45) is 0. The standard InChI is InChI=1S/C17H19N5O2/c1-10-9-13(23)22-16(18-10)20-15(21-22)19-14(24)11-5-7-12(8-6-11)17(2,3)4/h5-9H,1-4H3,(H2,18,19,20,21,24). The Morgan fingerprint density at radius 2 is 1.83 bits per heavy atom. The number of aromatic amines is 1. The van der Waals surface area contributed by atoms with E-state index in [4.69, 9.17) is 0 Å². The molecule has 0 aliphatic carbocycles. The number of H-pyrrole nitrogens is 1. The van der Waals surface area contributed by atoms with Gasteiger partial charge < -0.3 is 0 Å². The molecule has 3 rings (SSSR count). The van der Waals surface area contributed by atoms with Crippen LogP contribution in [-0.4, -0.2) is 25.5 Å². The minimum atomic E-state index is -0.306. The van der Waals surface area contributed by atoms with Gasteiger partial charge >= 0.3 is 0 Å². The molecule has 24 heavy (non-hydrogen) atoms. The largest absolute Gasteiger partial charge is 0.291 e. The van der Waals surface area contributed by atoms with Crippen molar-refractivity contribution in [3.8, 4) is 0 Å². The Balaban J connectivity index is 1.84. The molecule has 0 fully saturated rings. The number of aromatic nitrogens is 4. The highest BCUT2D eigenvalue weighted by molar-refractivity contribution is 6.03. The molecular weight excluding hydrogens is 306 g/mol. The van der Waals surface area contributed by atoms with Gasteiger partial charge in [0.15, 0.2) is 0 Å². The van der Waals surface area contributed by atoms with Crippen molar-refractivity contribution in [1.29, 1.82) is 0 Å². The second-order valence-electron chi connectivity index (χ2n) is 6.72. The van der Waals surface area contributed by atoms with Gasteiger partial charge in [-0.2, -0.15) is 9.50 Å². The minimum absolute atomic E-state index is 0.0262. The zero-order valence-electron chi connectivity index (χ0n) is 14.0. The summed E-state index contributed by atoms with van der Waals surface area (Å²) in [5.41, 5.74) is 1.98. The summed E-state index contributed by atoms with van der Waals surface area (Å²) in [4.78, 5) is 32.4. The molecular formula is C17H19N5O2. The number of nitrogens with zero attached hydrogens (tertiary/aromatic N) is 3. The molecule has 0 saturated carbocycles. The van der Waals surface area contributed by atoms with Crippen LogP contribution in [0.15, 0.2) is 35.1 Å². The monoisotopic (exact) mass is 325 g/mol. The van der Waals surface area contributed by atoms with Gasteiger partial charge in [-0.3, -0.25) is 20.0 Å². The molecule has 0 aliphatic heterocycles. The lowest BCUT2D eigenvalue weighted by Gasteiger charge is -2.18. The van der Waals surface area contributed by atoms with E-state index >= 15 is 0 Å². The number of anilines is 1. The molecule has 1 aromatic carbocycles. The fourth-order valence-electron chi connectivity index (χ4n) is 2.35. The van der Waals surface area contributed by atoms with Crippen LogP contribution in [0.5, 0.6) is 0 Å². The first-order valence-electron chi connectivity index (χ1n) is 7.62. The molecule has 3 aromatic rings. The van der Waals surface area contributed by atoms with Crippen LogP contribution in [0.2, 0.25) is 0 Å². The number of carbonyl (C=O) groups excluding carboxylic acids is 1. The van der Waals surface area contributed by atoms with Gasteiger partial charge in [0.25, 0.3) is 17.2 Å². The number of hydrogen-bond donors (Lipinski definition) is 2. The van der Waals surface area contributed by atoms with Crippen molar-refractivity contribution in [2.45, 2.75) is 33.1 Å². The second kappa shape index (κ2) is 5.59. The topological polar surface area (TPSA) is 92.2 Å². The van der Waals surface area contributed by atoms with E-state index in [1.807, 2.05) is 12.1 Å². The number of fused-ring (bicyclic) bond motifs is 1. The SMILES string of the molecule is Cc1cc(=O)n2[nH]c(NC(=O)c3ccc(C(C)(C)C)cc3)nc2n1. The van der Waals surface area contributed by atoms with E-state index in [2.05, 4.69) is 41.2 Å². The third-order valence-electron chi connectivity index (χ3n) is 3.70. The zero-order valence-corrected chi connectivity index (χ0v) is 14.0. The summed E-state index contributed by atoms with van der Waals surface area (Å²) in [7, 11) is 0. The summed E-state index contributed by atoms with van der Waals surface area (Å²) in [6, 6.07) is 8.80. The number of nitrogens with one attached hydrogen (secondary N) is 2. The fraction of sp³-hybridized carbons (Fsp3) is 0.294. The van der Waals surface area contributed by atoms with E-state index in [0.717, 1.165) is 5.56 Å². The van der Waals surface area contributed by atoms with Crippen molar-refractivity contribution in [3.63, 3.8) is 0 Å². The smallest absolute Gasteiger partial charge is 0.274 e. The molecule has 0 saturated heterocycles. The van der Waals surface area contributed by atoms with Gasteiger partial charge in [0.1, 0.15) is 0 Å². The molecule has 0 aliphatic rings. The van der Waals surface area contributed by atoms with Gasteiger partial charge in [-0.05, 0) is 30.0 Å². The summed E-state index contributed by atoms with van der Waals surface area (Å²) in [6.45, 7) is 8.06. The van der Waals surface area contributed by atoms with Gasteiger partial charge in [0.2, 0.25) is 5.95 Å². The van der Waals surface area contributed by atoms with E-state index in [9.17, 15) is 9.59 Å². The van der Waals surface area contributed by atoms with Gasteiger partial charge in [-0.25, -0.2) is 4.98 Å². The maximum absolute atomic E-state index is 12.3. The number of benzene rings is 1. The van der Waals surface area contributed by atoms with Crippen LogP contribution in [0.3, 0.4) is 0 Å². The number of hydrogen-bond acceptors (Lipinski definition) is 4. The lowest BCUT2D eigenvalue weighted by atomic mass is 9.87. The third kappa shape index (κ3) is 3.05. The van der Waals surface area contributed by atoms with E-state index in [-0.39, 0.29) is 28.6 Å². The highest BCUT2D eigenvalue weighted by Crippen LogP contribution is 2.22. The molecule has 2 aromatic heterocycles. The number of rotatable bonds is 2. The molecule has 0 spiro atoms. The first-order valence-corrected chi connectivity index (χ1v) is 7.62. The first kappa shape index (κ1) is 15.9. The number of amides is 1. The van der Waals surface area contributed by atoms with Gasteiger partial charge in [-0.1, -0.05) is 32.9 Å². The summed E-state index contributed by atoms with van der Waals surface area (Å²) in [5.74, 6) is 0.0905. The number of aryl methyl sites for hydroxylation is 1. The van der Waals surface area contributed by atoms with Crippen molar-refractivity contribution in [2.24, 2.45) is 0 Å². The van der Waals surface area contributed by atoms with Crippen LogP contribution in [0.4, 0.5) is 5.95 Å². The quantitative estimate of drug-likeness (QED) is 0.756. The Morgan fingerprint density at radius 1 is 1.17 bits per heavy atom. The van der Waals surface area contributed by atoms with E-state index in [1.165, 1.54) is 10.6 Å². The average Bonchev–Trinajstić information content (AvgIpc) is 2.89. The van der Waals surface area contributed by atoms with Crippen molar-refractivity contribution < 1.29 is 4.79 Å². The van der Waals surface area contributed by atoms with Crippen LogP contribution in [-0.2, 0) is 5.41 Å². The van der Waals surface area contributed by atoms with E-state index in [0.29, 0.717) is 11.3 Å². The van der Waals surface area contributed by atoms with Crippen molar-refractivity contribution in [1.82, 2.24) is 19.6 Å². The number of carbonyl (C=O) groups is 1. The predicted molar refractivity (Wildman–Crippen MR) is 91.4 cm³/mol. The van der Waals surface area contributed by atoms with Crippen LogP contribution in [0.1, 0.15) is 42.4 Å². The summed E-state index contributed by atoms with van der Waals surface area (Å²) in [5, 5.41) is 5.37. The molecule has 0 radical (unpaired) electrons. The van der Waals surface area contributed by atoms with E-state index < -0.39 is 0 Å². The maximum atomic E-state index is 12.3. The Hall–Kier alpha value is -2.96. The highest BCUT2D eigenvalue weighted by atomic mass is 16.2. The minimum Gasteiger partial charge on any atom is -0.291 e. The zero-order chi connectivity index (χ0) is 17.5. The molecule has 1 amide bonds. The Morgan fingerprint density at radius 3 is 2.46 bits per heavy atom. The maximum Gasteiger partial charge on any atom is 0.274 e. The van der Waals surface area contributed by atoms with Crippen molar-refractivity contribution >= 4 is 17.6 Å². The van der Waals surface area contributed by atoms with Crippen LogP contribution in [0, 0.1) is 6.92 Å². The predicted octanol–water partition coefficient (Wildman–Crippen LogP) is 2.28. The van der Waals surface area contributed by atoms with Gasteiger partial charge in [-0.15, -0.1) is 0 Å². The van der Waals surface area contributed by atoms with Crippen molar-refractivity contribution in [3.05, 3.63) is 57.5 Å². The third-order valence-corrected chi connectivity index (χ3v) is 3.70. The van der Waals surface area contributed by atoms with E-state index in [1.54, 1.807) is 19.1 Å². The molecule has 2 heterocycles. The average molecular weight is 325 g/mol. The highest BCUT2D eigenvalue weighted by Gasteiger charge is 2.15. The second-order valence-corrected chi connectivity index (χ2v) is 6.72.